The third-order valence-corrected chi connectivity index (χ3v) is 10.7. The fourth-order valence-corrected chi connectivity index (χ4v) is 8.70. The topological polar surface area (TPSA) is 142 Å². The lowest BCUT2D eigenvalue weighted by molar-refractivity contribution is -0.145. The van der Waals surface area contributed by atoms with Gasteiger partial charge in [-0.2, -0.15) is 0 Å². The third kappa shape index (κ3) is 6.22. The molecular formula is C34H39N5O5S. The van der Waals surface area contributed by atoms with E-state index in [0.29, 0.717) is 42.3 Å². The number of amides is 3. The number of carboxylic acid groups (broad SMARTS) is 1. The van der Waals surface area contributed by atoms with E-state index in [-0.39, 0.29) is 48.6 Å². The van der Waals surface area contributed by atoms with Gasteiger partial charge in [-0.1, -0.05) is 49.9 Å². The maximum absolute atomic E-state index is 14.3. The number of rotatable bonds is 8. The van der Waals surface area contributed by atoms with Crippen molar-refractivity contribution in [2.45, 2.75) is 76.2 Å². The lowest BCUT2D eigenvalue weighted by Crippen LogP contribution is -2.57. The molecule has 11 heteroatoms. The number of hydrogen-bond acceptors (Lipinski definition) is 7. The van der Waals surface area contributed by atoms with Gasteiger partial charge in [-0.25, -0.2) is 9.97 Å². The number of carboxylic acids is 1. The van der Waals surface area contributed by atoms with Gasteiger partial charge in [0.25, 0.3) is 0 Å². The van der Waals surface area contributed by atoms with Crippen molar-refractivity contribution < 1.29 is 24.3 Å². The summed E-state index contributed by atoms with van der Waals surface area (Å²) in [5.74, 6) is -0.833. The van der Waals surface area contributed by atoms with Gasteiger partial charge in [0.05, 0.1) is 12.1 Å². The van der Waals surface area contributed by atoms with Gasteiger partial charge in [-0.3, -0.25) is 24.1 Å². The molecule has 3 aliphatic rings. The van der Waals surface area contributed by atoms with Gasteiger partial charge in [0.2, 0.25) is 17.7 Å². The summed E-state index contributed by atoms with van der Waals surface area (Å²) in [6.07, 6.45) is 8.05. The van der Waals surface area contributed by atoms with E-state index in [4.69, 9.17) is 4.98 Å². The molecule has 1 aromatic carbocycles. The molecule has 0 unspecified atom stereocenters. The second-order valence-corrected chi connectivity index (χ2v) is 13.4. The van der Waals surface area contributed by atoms with Crippen LogP contribution in [0, 0.1) is 11.8 Å². The van der Waals surface area contributed by atoms with Crippen molar-refractivity contribution in [3.63, 3.8) is 0 Å². The normalized spacial score (nSPS) is 24.2. The minimum atomic E-state index is -1.33. The lowest BCUT2D eigenvalue weighted by atomic mass is 9.63. The van der Waals surface area contributed by atoms with Crippen LogP contribution in [0.2, 0.25) is 0 Å². The highest BCUT2D eigenvalue weighted by Gasteiger charge is 2.54. The van der Waals surface area contributed by atoms with Crippen LogP contribution in [-0.4, -0.2) is 57.9 Å². The number of aliphatic carboxylic acids is 1. The first-order valence-electron chi connectivity index (χ1n) is 15.9. The van der Waals surface area contributed by atoms with Crippen LogP contribution in [0.5, 0.6) is 0 Å². The van der Waals surface area contributed by atoms with Crippen molar-refractivity contribution in [1.29, 1.82) is 0 Å². The summed E-state index contributed by atoms with van der Waals surface area (Å²) in [6.45, 7) is 2.38. The molecule has 2 aliphatic heterocycles. The molecule has 2 saturated heterocycles. The molecule has 4 heterocycles. The maximum Gasteiger partial charge on any atom is 0.304 e. The number of pyridine rings is 1. The predicted molar refractivity (Wildman–Crippen MR) is 172 cm³/mol. The van der Waals surface area contributed by atoms with E-state index in [0.717, 1.165) is 48.8 Å². The number of thiazole rings is 1. The molecule has 1 saturated carbocycles. The summed E-state index contributed by atoms with van der Waals surface area (Å²) < 4.78 is 0. The van der Waals surface area contributed by atoms with E-state index in [1.807, 2.05) is 41.8 Å². The summed E-state index contributed by atoms with van der Waals surface area (Å²) in [5, 5.41) is 18.6. The van der Waals surface area contributed by atoms with E-state index < -0.39 is 11.4 Å². The first-order valence-corrected chi connectivity index (χ1v) is 16.7. The Hall–Kier alpha value is -4.12. The molecule has 3 fully saturated rings. The Morgan fingerprint density at radius 1 is 1.07 bits per heavy atom. The largest absolute Gasteiger partial charge is 0.481 e. The van der Waals surface area contributed by atoms with E-state index in [9.17, 15) is 24.3 Å². The van der Waals surface area contributed by atoms with Crippen LogP contribution in [0.3, 0.4) is 0 Å². The summed E-state index contributed by atoms with van der Waals surface area (Å²) in [4.78, 5) is 62.2. The van der Waals surface area contributed by atoms with E-state index in [2.05, 4.69) is 15.6 Å². The molecule has 0 bridgehead atoms. The molecule has 236 valence electrons. The zero-order valence-electron chi connectivity index (χ0n) is 25.5. The van der Waals surface area contributed by atoms with Crippen molar-refractivity contribution in [1.82, 2.24) is 20.6 Å². The van der Waals surface area contributed by atoms with Crippen LogP contribution < -0.4 is 15.5 Å². The summed E-state index contributed by atoms with van der Waals surface area (Å²) in [5.41, 5.74) is 1.97. The van der Waals surface area contributed by atoms with Crippen LogP contribution in [0.4, 0.5) is 5.82 Å². The minimum Gasteiger partial charge on any atom is -0.481 e. The molecular weight excluding hydrogens is 590 g/mol. The number of benzene rings is 1. The van der Waals surface area contributed by atoms with Gasteiger partial charge in [-0.05, 0) is 48.8 Å². The summed E-state index contributed by atoms with van der Waals surface area (Å²) >= 11 is 1.34. The number of carbonyl (C=O) groups excluding carboxylic acids is 3. The Kier molecular flexibility index (Phi) is 8.98. The van der Waals surface area contributed by atoms with Crippen molar-refractivity contribution >= 4 is 40.8 Å². The van der Waals surface area contributed by atoms with E-state index in [1.165, 1.54) is 18.3 Å². The van der Waals surface area contributed by atoms with Gasteiger partial charge >= 0.3 is 5.97 Å². The average molecular weight is 630 g/mol. The Labute approximate surface area is 266 Å². The molecule has 0 spiro atoms. The molecule has 0 radical (unpaired) electrons. The standard InChI is InChI=1S/C34H39N5O5S/c1-21(40)37-24-13-14-27(22-7-2-3-8-22)34(17-31(42)43,32(44)36-19-24)33-38-28(20-45-33)26-10-5-4-9-25(26)23-12-15-29(35-18-23)39-16-6-11-30(39)41/h4-5,9-10,12,15,18,20,22,24,27H,2-3,6-8,11,13-14,16-17,19H2,1H3,(H,36,44)(H,37,40)(H,42,43)/t24-,27-,34+/m1/s1. The van der Waals surface area contributed by atoms with Gasteiger partial charge < -0.3 is 15.7 Å². The van der Waals surface area contributed by atoms with Gasteiger partial charge in [0.1, 0.15) is 16.2 Å². The Morgan fingerprint density at radius 3 is 2.51 bits per heavy atom. The van der Waals surface area contributed by atoms with Gasteiger partial charge in [-0.15, -0.1) is 11.3 Å². The van der Waals surface area contributed by atoms with Crippen LogP contribution in [0.1, 0.15) is 69.7 Å². The first kappa shape index (κ1) is 30.9. The van der Waals surface area contributed by atoms with Crippen LogP contribution >= 0.6 is 11.3 Å². The summed E-state index contributed by atoms with van der Waals surface area (Å²) in [6, 6.07) is 11.5. The molecule has 2 aromatic heterocycles. The van der Waals surface area contributed by atoms with Gasteiger partial charge in [0.15, 0.2) is 0 Å². The van der Waals surface area contributed by atoms with Crippen molar-refractivity contribution in [2.24, 2.45) is 11.8 Å². The molecule has 3 aromatic rings. The number of hydrogen-bond donors (Lipinski definition) is 3. The fraction of sp³-hybridized carbons (Fsp3) is 0.471. The number of nitrogens with one attached hydrogen (secondary N) is 2. The Bertz CT molecular complexity index is 1580. The van der Waals surface area contributed by atoms with Crippen molar-refractivity contribution in [3.05, 3.63) is 53.0 Å². The van der Waals surface area contributed by atoms with Crippen LogP contribution in [-0.2, 0) is 24.6 Å². The second kappa shape index (κ2) is 13.1. The van der Waals surface area contributed by atoms with Crippen LogP contribution in [0.25, 0.3) is 22.4 Å². The van der Waals surface area contributed by atoms with Crippen molar-refractivity contribution in [2.75, 3.05) is 18.0 Å². The predicted octanol–water partition coefficient (Wildman–Crippen LogP) is 4.93. The molecule has 45 heavy (non-hydrogen) atoms. The highest BCUT2D eigenvalue weighted by Crippen LogP contribution is 2.50. The lowest BCUT2D eigenvalue weighted by Gasteiger charge is -2.43. The SMILES string of the molecule is CC(=O)N[C@@H]1CC[C@H](C2CCCC2)[C@](CC(=O)O)(c2nc(-c3ccccc3-c3ccc(N4CCCC4=O)nc3)cs2)C(=O)NC1. The number of aromatic nitrogens is 2. The molecule has 3 amide bonds. The Morgan fingerprint density at radius 2 is 1.84 bits per heavy atom. The molecule has 6 rings (SSSR count). The summed E-state index contributed by atoms with van der Waals surface area (Å²) in [7, 11) is 0. The smallest absolute Gasteiger partial charge is 0.304 e. The van der Waals surface area contributed by atoms with E-state index >= 15 is 0 Å². The number of anilines is 1. The average Bonchev–Trinajstić information content (AvgIpc) is 3.81. The second-order valence-electron chi connectivity index (χ2n) is 12.5. The highest BCUT2D eigenvalue weighted by molar-refractivity contribution is 7.10. The minimum absolute atomic E-state index is 0.0840. The zero-order chi connectivity index (χ0) is 31.6. The molecule has 3 atom stereocenters. The first-order chi connectivity index (χ1) is 21.8. The maximum atomic E-state index is 14.3. The Balaban J connectivity index is 1.38. The number of carbonyl (C=O) groups is 4. The van der Waals surface area contributed by atoms with Gasteiger partial charge in [0, 0.05) is 55.2 Å². The monoisotopic (exact) mass is 629 g/mol. The fourth-order valence-electron chi connectivity index (χ4n) is 7.62. The quantitative estimate of drug-likeness (QED) is 0.321. The molecule has 1 aliphatic carbocycles. The highest BCUT2D eigenvalue weighted by atomic mass is 32.1. The number of nitrogens with zero attached hydrogens (tertiary/aromatic N) is 3. The van der Waals surface area contributed by atoms with E-state index in [1.54, 1.807) is 11.1 Å². The zero-order valence-corrected chi connectivity index (χ0v) is 26.3. The third-order valence-electron chi connectivity index (χ3n) is 9.68. The van der Waals surface area contributed by atoms with Crippen molar-refractivity contribution in [3.8, 4) is 22.4 Å². The molecule has 3 N–H and O–H groups in total. The molecule has 10 nitrogen and oxygen atoms in total. The van der Waals surface area contributed by atoms with Crippen LogP contribution in [0.15, 0.2) is 48.0 Å².